The van der Waals surface area contributed by atoms with Crippen molar-refractivity contribution in [2.45, 2.75) is 26.4 Å². The number of hydrogen-bond donors (Lipinski definition) is 1. The van der Waals surface area contributed by atoms with Crippen LogP contribution in [0.25, 0.3) is 0 Å². The summed E-state index contributed by atoms with van der Waals surface area (Å²) >= 11 is 0. The molecule has 0 unspecified atom stereocenters. The number of rotatable bonds is 5. The second-order valence-corrected chi connectivity index (χ2v) is 4.43. The Balaban J connectivity index is 2.15. The molecule has 0 spiro atoms. The van der Waals surface area contributed by atoms with Crippen LogP contribution in [0.5, 0.6) is 0 Å². The molecule has 1 aromatic carbocycles. The quantitative estimate of drug-likeness (QED) is 0.829. The van der Waals surface area contributed by atoms with Gasteiger partial charge in [-0.3, -0.25) is 0 Å². The van der Waals surface area contributed by atoms with Crippen molar-refractivity contribution >= 4 is 5.69 Å². The molecule has 0 atom stereocenters. The topological polar surface area (TPSA) is 23.5 Å². The van der Waals surface area contributed by atoms with Crippen LogP contribution in [0.15, 0.2) is 18.2 Å². The molecule has 16 heavy (non-hydrogen) atoms. The van der Waals surface area contributed by atoms with E-state index in [2.05, 4.69) is 4.90 Å². The van der Waals surface area contributed by atoms with Crippen LogP contribution in [0.2, 0.25) is 0 Å². The second-order valence-electron chi connectivity index (χ2n) is 4.43. The minimum absolute atomic E-state index is 0.105. The van der Waals surface area contributed by atoms with Crippen molar-refractivity contribution in [2.75, 3.05) is 18.0 Å². The van der Waals surface area contributed by atoms with Gasteiger partial charge in [0.05, 0.1) is 12.3 Å². The lowest BCUT2D eigenvalue weighted by molar-refractivity contribution is 0.281. The highest BCUT2D eigenvalue weighted by atomic mass is 19.1. The Hall–Kier alpha value is -1.09. The lowest BCUT2D eigenvalue weighted by Crippen LogP contribution is -2.26. The fourth-order valence-corrected chi connectivity index (χ4v) is 1.92. The van der Waals surface area contributed by atoms with Crippen LogP contribution in [-0.2, 0) is 6.61 Å². The lowest BCUT2D eigenvalue weighted by atomic mass is 10.2. The van der Waals surface area contributed by atoms with E-state index in [1.165, 1.54) is 18.9 Å². The first-order chi connectivity index (χ1) is 7.74. The number of aliphatic hydroxyl groups is 1. The Morgan fingerprint density at radius 2 is 2.19 bits per heavy atom. The zero-order valence-corrected chi connectivity index (χ0v) is 9.62. The molecular formula is C13H18FNO. The zero-order valence-electron chi connectivity index (χ0n) is 9.62. The molecule has 1 fully saturated rings. The molecule has 88 valence electrons. The van der Waals surface area contributed by atoms with E-state index in [-0.39, 0.29) is 12.4 Å². The van der Waals surface area contributed by atoms with Crippen LogP contribution < -0.4 is 4.90 Å². The van der Waals surface area contributed by atoms with E-state index in [9.17, 15) is 4.39 Å². The normalized spacial score (nSPS) is 15.2. The molecule has 2 rings (SSSR count). The van der Waals surface area contributed by atoms with Crippen molar-refractivity contribution in [3.63, 3.8) is 0 Å². The number of anilines is 1. The first kappa shape index (κ1) is 11.4. The van der Waals surface area contributed by atoms with Crippen molar-refractivity contribution in [1.29, 1.82) is 0 Å². The molecular weight excluding hydrogens is 205 g/mol. The first-order valence-electron chi connectivity index (χ1n) is 5.88. The number of aliphatic hydroxyl groups excluding tert-OH is 1. The average molecular weight is 223 g/mol. The summed E-state index contributed by atoms with van der Waals surface area (Å²) in [6, 6.07) is 4.98. The highest BCUT2D eigenvalue weighted by Gasteiger charge is 2.24. The standard InChI is InChI=1S/C13H18FNO/c1-2-15(8-10-3-4-10)13-6-5-11(9-16)7-12(13)14/h5-7,10,16H,2-4,8-9H2,1H3. The van der Waals surface area contributed by atoms with Crippen molar-refractivity contribution in [2.24, 2.45) is 5.92 Å². The van der Waals surface area contributed by atoms with Gasteiger partial charge in [-0.15, -0.1) is 0 Å². The predicted molar refractivity (Wildman–Crippen MR) is 62.9 cm³/mol. The van der Waals surface area contributed by atoms with Gasteiger partial charge in [0.2, 0.25) is 0 Å². The molecule has 1 aromatic rings. The van der Waals surface area contributed by atoms with Gasteiger partial charge in [-0.1, -0.05) is 6.07 Å². The van der Waals surface area contributed by atoms with Crippen molar-refractivity contribution < 1.29 is 9.50 Å². The maximum Gasteiger partial charge on any atom is 0.146 e. The van der Waals surface area contributed by atoms with Crippen LogP contribution in [0.4, 0.5) is 10.1 Å². The molecule has 1 saturated carbocycles. The molecule has 3 heteroatoms. The minimum Gasteiger partial charge on any atom is -0.392 e. The van der Waals surface area contributed by atoms with E-state index in [1.54, 1.807) is 12.1 Å². The molecule has 0 saturated heterocycles. The van der Waals surface area contributed by atoms with E-state index < -0.39 is 0 Å². The van der Waals surface area contributed by atoms with Gasteiger partial charge in [0, 0.05) is 13.1 Å². The number of nitrogens with zero attached hydrogens (tertiary/aromatic N) is 1. The van der Waals surface area contributed by atoms with Crippen molar-refractivity contribution in [1.82, 2.24) is 0 Å². The molecule has 1 aliphatic carbocycles. The van der Waals surface area contributed by atoms with Gasteiger partial charge < -0.3 is 10.0 Å². The summed E-state index contributed by atoms with van der Waals surface area (Å²) < 4.78 is 13.8. The van der Waals surface area contributed by atoms with Crippen molar-refractivity contribution in [3.8, 4) is 0 Å². The molecule has 0 aliphatic heterocycles. The fraction of sp³-hybridized carbons (Fsp3) is 0.538. The molecule has 1 N–H and O–H groups in total. The van der Waals surface area contributed by atoms with Crippen LogP contribution in [0.3, 0.4) is 0 Å². The van der Waals surface area contributed by atoms with E-state index in [4.69, 9.17) is 5.11 Å². The van der Waals surface area contributed by atoms with Gasteiger partial charge in [-0.25, -0.2) is 4.39 Å². The van der Waals surface area contributed by atoms with Gasteiger partial charge >= 0.3 is 0 Å². The van der Waals surface area contributed by atoms with Crippen LogP contribution >= 0.6 is 0 Å². The highest BCUT2D eigenvalue weighted by molar-refractivity contribution is 5.49. The van der Waals surface area contributed by atoms with E-state index in [0.717, 1.165) is 19.0 Å². The van der Waals surface area contributed by atoms with E-state index >= 15 is 0 Å². The lowest BCUT2D eigenvalue weighted by Gasteiger charge is -2.23. The predicted octanol–water partition coefficient (Wildman–Crippen LogP) is 2.55. The summed E-state index contributed by atoms with van der Waals surface area (Å²) in [7, 11) is 0. The Kier molecular flexibility index (Phi) is 3.44. The minimum atomic E-state index is -0.228. The molecule has 0 radical (unpaired) electrons. The number of benzene rings is 1. The average Bonchev–Trinajstić information content (AvgIpc) is 3.10. The largest absolute Gasteiger partial charge is 0.392 e. The fourth-order valence-electron chi connectivity index (χ4n) is 1.92. The third kappa shape index (κ3) is 2.53. The molecule has 0 bridgehead atoms. The van der Waals surface area contributed by atoms with Gasteiger partial charge in [-0.05, 0) is 43.4 Å². The Labute approximate surface area is 95.7 Å². The maximum atomic E-state index is 13.8. The molecule has 1 aliphatic rings. The Morgan fingerprint density at radius 1 is 1.44 bits per heavy atom. The van der Waals surface area contributed by atoms with Crippen LogP contribution in [-0.4, -0.2) is 18.2 Å². The van der Waals surface area contributed by atoms with Gasteiger partial charge in [0.25, 0.3) is 0 Å². The first-order valence-corrected chi connectivity index (χ1v) is 5.88. The van der Waals surface area contributed by atoms with Gasteiger partial charge in [-0.2, -0.15) is 0 Å². The summed E-state index contributed by atoms with van der Waals surface area (Å²) in [5, 5.41) is 8.92. The van der Waals surface area contributed by atoms with Crippen LogP contribution in [0.1, 0.15) is 25.3 Å². The van der Waals surface area contributed by atoms with Crippen molar-refractivity contribution in [3.05, 3.63) is 29.6 Å². The smallest absolute Gasteiger partial charge is 0.146 e. The Bertz CT molecular complexity index is 363. The molecule has 0 amide bonds. The summed E-state index contributed by atoms with van der Waals surface area (Å²) in [6.07, 6.45) is 2.54. The summed E-state index contributed by atoms with van der Waals surface area (Å²) in [5.41, 5.74) is 1.29. The van der Waals surface area contributed by atoms with E-state index in [0.29, 0.717) is 11.3 Å². The monoisotopic (exact) mass is 223 g/mol. The summed E-state index contributed by atoms with van der Waals surface area (Å²) in [5.74, 6) is 0.519. The SMILES string of the molecule is CCN(CC1CC1)c1ccc(CO)cc1F. The molecule has 2 nitrogen and oxygen atoms in total. The third-order valence-electron chi connectivity index (χ3n) is 3.09. The second kappa shape index (κ2) is 4.83. The van der Waals surface area contributed by atoms with Crippen LogP contribution in [0, 0.1) is 11.7 Å². The number of hydrogen-bond acceptors (Lipinski definition) is 2. The third-order valence-corrected chi connectivity index (χ3v) is 3.09. The highest BCUT2D eigenvalue weighted by Crippen LogP contribution is 2.32. The zero-order chi connectivity index (χ0) is 11.5. The Morgan fingerprint density at radius 3 is 2.69 bits per heavy atom. The van der Waals surface area contributed by atoms with E-state index in [1.807, 2.05) is 6.92 Å². The summed E-state index contributed by atoms with van der Waals surface area (Å²) in [6.45, 7) is 3.71. The van der Waals surface area contributed by atoms with Gasteiger partial charge in [0.1, 0.15) is 5.82 Å². The summed E-state index contributed by atoms with van der Waals surface area (Å²) in [4.78, 5) is 2.08. The van der Waals surface area contributed by atoms with Gasteiger partial charge in [0.15, 0.2) is 0 Å². The maximum absolute atomic E-state index is 13.8. The number of halogens is 1. The molecule has 0 aromatic heterocycles. The molecule has 0 heterocycles.